The second-order valence-electron chi connectivity index (χ2n) is 4.76. The molecule has 0 fully saturated rings. The highest BCUT2D eigenvalue weighted by atomic mass is 15.1. The standard InChI is InChI=1S/C15H24N4/c1-3-18(4-2)10-7-9-16-12-14-13-19-11-6-5-8-15(19)17-14/h5-6,8,11,13,16H,3-4,7,9-10,12H2,1-2H3. The first-order valence-electron chi connectivity index (χ1n) is 7.19. The third-order valence-electron chi connectivity index (χ3n) is 3.44. The van der Waals surface area contributed by atoms with Gasteiger partial charge >= 0.3 is 0 Å². The Morgan fingerprint density at radius 1 is 1.26 bits per heavy atom. The zero-order valence-electron chi connectivity index (χ0n) is 12.0. The topological polar surface area (TPSA) is 32.6 Å². The Hall–Kier alpha value is -1.39. The molecule has 0 radical (unpaired) electrons. The Morgan fingerprint density at radius 3 is 2.84 bits per heavy atom. The van der Waals surface area contributed by atoms with Gasteiger partial charge in [0.25, 0.3) is 0 Å². The number of imidazole rings is 1. The Labute approximate surface area is 115 Å². The monoisotopic (exact) mass is 260 g/mol. The van der Waals surface area contributed by atoms with Crippen LogP contribution in [0, 0.1) is 0 Å². The van der Waals surface area contributed by atoms with Crippen LogP contribution in [0.15, 0.2) is 30.6 Å². The van der Waals surface area contributed by atoms with E-state index in [1.165, 1.54) is 13.0 Å². The number of pyridine rings is 1. The summed E-state index contributed by atoms with van der Waals surface area (Å²) in [4.78, 5) is 7.02. The molecule has 104 valence electrons. The summed E-state index contributed by atoms with van der Waals surface area (Å²) < 4.78 is 2.06. The van der Waals surface area contributed by atoms with Crippen molar-refractivity contribution < 1.29 is 0 Å². The predicted octanol–water partition coefficient (Wildman–Crippen LogP) is 2.16. The van der Waals surface area contributed by atoms with Crippen molar-refractivity contribution in [2.45, 2.75) is 26.8 Å². The van der Waals surface area contributed by atoms with Crippen LogP contribution in [0.1, 0.15) is 26.0 Å². The van der Waals surface area contributed by atoms with Gasteiger partial charge in [0.05, 0.1) is 5.69 Å². The largest absolute Gasteiger partial charge is 0.311 e. The molecule has 0 spiro atoms. The quantitative estimate of drug-likeness (QED) is 0.738. The number of nitrogens with one attached hydrogen (secondary N) is 1. The van der Waals surface area contributed by atoms with Crippen molar-refractivity contribution >= 4 is 5.65 Å². The van der Waals surface area contributed by atoms with Crippen molar-refractivity contribution in [1.82, 2.24) is 19.6 Å². The lowest BCUT2D eigenvalue weighted by Crippen LogP contribution is -2.27. The highest BCUT2D eigenvalue weighted by Gasteiger charge is 2.01. The molecular weight excluding hydrogens is 236 g/mol. The average Bonchev–Trinajstić information content (AvgIpc) is 2.85. The highest BCUT2D eigenvalue weighted by Crippen LogP contribution is 2.03. The maximum atomic E-state index is 4.57. The first-order valence-corrected chi connectivity index (χ1v) is 7.19. The van der Waals surface area contributed by atoms with Crippen molar-refractivity contribution in [2.75, 3.05) is 26.2 Å². The molecule has 0 unspecified atom stereocenters. The van der Waals surface area contributed by atoms with Crippen LogP contribution in [0.25, 0.3) is 5.65 Å². The van der Waals surface area contributed by atoms with Crippen LogP contribution in [0.3, 0.4) is 0 Å². The second-order valence-corrected chi connectivity index (χ2v) is 4.76. The van der Waals surface area contributed by atoms with Crippen molar-refractivity contribution in [3.05, 3.63) is 36.3 Å². The molecule has 2 heterocycles. The lowest BCUT2D eigenvalue weighted by atomic mass is 10.3. The number of nitrogens with zero attached hydrogens (tertiary/aromatic N) is 3. The minimum Gasteiger partial charge on any atom is -0.311 e. The van der Waals surface area contributed by atoms with E-state index in [0.29, 0.717) is 0 Å². The van der Waals surface area contributed by atoms with Gasteiger partial charge in [-0.25, -0.2) is 4.98 Å². The van der Waals surface area contributed by atoms with Gasteiger partial charge in [0.2, 0.25) is 0 Å². The maximum absolute atomic E-state index is 4.57. The average molecular weight is 260 g/mol. The van der Waals surface area contributed by atoms with Crippen molar-refractivity contribution in [1.29, 1.82) is 0 Å². The Balaban J connectivity index is 1.71. The molecule has 2 aromatic heterocycles. The van der Waals surface area contributed by atoms with Gasteiger partial charge in [-0.15, -0.1) is 0 Å². The molecule has 0 saturated carbocycles. The smallest absolute Gasteiger partial charge is 0.137 e. The molecule has 0 atom stereocenters. The van der Waals surface area contributed by atoms with E-state index in [-0.39, 0.29) is 0 Å². The van der Waals surface area contributed by atoms with Gasteiger partial charge in [0.1, 0.15) is 5.65 Å². The van der Waals surface area contributed by atoms with E-state index in [9.17, 15) is 0 Å². The minimum atomic E-state index is 0.847. The molecule has 0 amide bonds. The first kappa shape index (κ1) is 14.0. The Morgan fingerprint density at radius 2 is 2.11 bits per heavy atom. The molecule has 2 aromatic rings. The van der Waals surface area contributed by atoms with Gasteiger partial charge in [0.15, 0.2) is 0 Å². The van der Waals surface area contributed by atoms with Gasteiger partial charge in [-0.2, -0.15) is 0 Å². The van der Waals surface area contributed by atoms with Crippen LogP contribution >= 0.6 is 0 Å². The number of rotatable bonds is 8. The fourth-order valence-corrected chi connectivity index (χ4v) is 2.26. The van der Waals surface area contributed by atoms with Gasteiger partial charge in [-0.05, 0) is 44.7 Å². The molecule has 0 aliphatic carbocycles. The summed E-state index contributed by atoms with van der Waals surface area (Å²) in [6.45, 7) is 9.78. The molecule has 0 bridgehead atoms. The van der Waals surface area contributed by atoms with Crippen molar-refractivity contribution in [3.8, 4) is 0 Å². The third kappa shape index (κ3) is 4.04. The number of hydrogen-bond donors (Lipinski definition) is 1. The van der Waals surface area contributed by atoms with Crippen LogP contribution < -0.4 is 5.32 Å². The highest BCUT2D eigenvalue weighted by molar-refractivity contribution is 5.39. The maximum Gasteiger partial charge on any atom is 0.137 e. The molecule has 0 aliphatic heterocycles. The zero-order chi connectivity index (χ0) is 13.5. The summed E-state index contributed by atoms with van der Waals surface area (Å²) in [5, 5.41) is 3.46. The third-order valence-corrected chi connectivity index (χ3v) is 3.44. The van der Waals surface area contributed by atoms with Gasteiger partial charge in [-0.1, -0.05) is 19.9 Å². The second kappa shape index (κ2) is 7.26. The Bertz CT molecular complexity index is 455. The zero-order valence-corrected chi connectivity index (χ0v) is 12.0. The van der Waals surface area contributed by atoms with E-state index in [1.54, 1.807) is 0 Å². The fourth-order valence-electron chi connectivity index (χ4n) is 2.26. The first-order chi connectivity index (χ1) is 9.33. The summed E-state index contributed by atoms with van der Waals surface area (Å²) in [5.41, 5.74) is 2.12. The van der Waals surface area contributed by atoms with E-state index in [0.717, 1.165) is 37.5 Å². The van der Waals surface area contributed by atoms with E-state index in [4.69, 9.17) is 0 Å². The Kier molecular flexibility index (Phi) is 5.36. The van der Waals surface area contributed by atoms with Crippen molar-refractivity contribution in [2.24, 2.45) is 0 Å². The van der Waals surface area contributed by atoms with E-state index in [1.807, 2.05) is 24.4 Å². The molecule has 0 saturated heterocycles. The van der Waals surface area contributed by atoms with Crippen LogP contribution in [0.5, 0.6) is 0 Å². The van der Waals surface area contributed by atoms with E-state index < -0.39 is 0 Å². The summed E-state index contributed by atoms with van der Waals surface area (Å²) >= 11 is 0. The molecule has 1 N–H and O–H groups in total. The molecule has 4 nitrogen and oxygen atoms in total. The lowest BCUT2D eigenvalue weighted by molar-refractivity contribution is 0.298. The molecule has 19 heavy (non-hydrogen) atoms. The normalized spacial score (nSPS) is 11.5. The van der Waals surface area contributed by atoms with Crippen LogP contribution in [0.2, 0.25) is 0 Å². The molecular formula is C15H24N4. The van der Waals surface area contributed by atoms with Crippen molar-refractivity contribution in [3.63, 3.8) is 0 Å². The number of hydrogen-bond acceptors (Lipinski definition) is 3. The van der Waals surface area contributed by atoms with E-state index in [2.05, 4.69) is 39.6 Å². The summed E-state index contributed by atoms with van der Waals surface area (Å²) in [5.74, 6) is 0. The molecule has 2 rings (SSSR count). The molecule has 0 aromatic carbocycles. The number of fused-ring (bicyclic) bond motifs is 1. The predicted molar refractivity (Wildman–Crippen MR) is 79.3 cm³/mol. The summed E-state index contributed by atoms with van der Waals surface area (Å²) in [6.07, 6.45) is 5.31. The molecule has 4 heteroatoms. The lowest BCUT2D eigenvalue weighted by Gasteiger charge is -2.17. The van der Waals surface area contributed by atoms with Crippen LogP contribution in [0.4, 0.5) is 0 Å². The van der Waals surface area contributed by atoms with Crippen LogP contribution in [-0.4, -0.2) is 40.5 Å². The van der Waals surface area contributed by atoms with Gasteiger partial charge < -0.3 is 14.6 Å². The van der Waals surface area contributed by atoms with Crippen LogP contribution in [-0.2, 0) is 6.54 Å². The number of aromatic nitrogens is 2. The van der Waals surface area contributed by atoms with Gasteiger partial charge in [0, 0.05) is 18.9 Å². The van der Waals surface area contributed by atoms with E-state index >= 15 is 0 Å². The SMILES string of the molecule is CCN(CC)CCCNCc1cn2ccccc2n1. The summed E-state index contributed by atoms with van der Waals surface area (Å²) in [7, 11) is 0. The minimum absolute atomic E-state index is 0.847. The fraction of sp³-hybridized carbons (Fsp3) is 0.533. The van der Waals surface area contributed by atoms with Gasteiger partial charge in [-0.3, -0.25) is 0 Å². The molecule has 0 aliphatic rings. The summed E-state index contributed by atoms with van der Waals surface area (Å²) in [6, 6.07) is 6.07.